The van der Waals surface area contributed by atoms with E-state index in [-0.39, 0.29) is 11.5 Å². The Morgan fingerprint density at radius 1 is 0.925 bits per heavy atom. The molecule has 0 saturated carbocycles. The van der Waals surface area contributed by atoms with Crippen LogP contribution in [0.1, 0.15) is 46.0 Å². The molecular formula is C32H24N6O2. The van der Waals surface area contributed by atoms with Crippen LogP contribution in [0.4, 0.5) is 0 Å². The van der Waals surface area contributed by atoms with Gasteiger partial charge in [-0.2, -0.15) is 5.10 Å². The average molecular weight is 525 g/mol. The van der Waals surface area contributed by atoms with Gasteiger partial charge < -0.3 is 5.32 Å². The van der Waals surface area contributed by atoms with Gasteiger partial charge in [0, 0.05) is 35.5 Å². The van der Waals surface area contributed by atoms with Crippen molar-refractivity contribution in [3.63, 3.8) is 0 Å². The van der Waals surface area contributed by atoms with Crippen molar-refractivity contribution in [1.82, 2.24) is 29.5 Å². The minimum absolute atomic E-state index is 0.223. The molecule has 8 heteroatoms. The fraction of sp³-hybridized carbons (Fsp3) is 0.0938. The predicted molar refractivity (Wildman–Crippen MR) is 153 cm³/mol. The van der Waals surface area contributed by atoms with Gasteiger partial charge in [0.15, 0.2) is 5.65 Å². The summed E-state index contributed by atoms with van der Waals surface area (Å²) >= 11 is 0. The van der Waals surface area contributed by atoms with Gasteiger partial charge in [0.25, 0.3) is 11.5 Å². The highest BCUT2D eigenvalue weighted by Gasteiger charge is 2.23. The molecule has 40 heavy (non-hydrogen) atoms. The Bertz CT molecular complexity index is 2000. The molecule has 2 aromatic carbocycles. The Hall–Kier alpha value is -5.55. The summed E-state index contributed by atoms with van der Waals surface area (Å²) in [5.41, 5.74) is 3.76. The second kappa shape index (κ2) is 10.3. The lowest BCUT2D eigenvalue weighted by atomic mass is 10.0. The third kappa shape index (κ3) is 4.50. The van der Waals surface area contributed by atoms with Crippen LogP contribution in [0.2, 0.25) is 0 Å². The summed E-state index contributed by atoms with van der Waals surface area (Å²) in [6, 6.07) is 23.7. The number of rotatable bonds is 4. The summed E-state index contributed by atoms with van der Waals surface area (Å²) in [7, 11) is 0. The van der Waals surface area contributed by atoms with Crippen molar-refractivity contribution in [2.45, 2.75) is 19.9 Å². The standard InChI is InChI=1S/C32H24N6O2/c1-21(35-31(39)28-22(2)36-37-19-9-18-34-30(28)37)27-20-24-11-8-10-23(15-16-25-12-6-7-17-33-25)29(24)32(40)38(27)26-13-4-3-5-14-26/h3-14,17-21H,1-2H3,(H,35,39). The summed E-state index contributed by atoms with van der Waals surface area (Å²) in [5.74, 6) is 5.87. The quantitative estimate of drug-likeness (QED) is 0.340. The van der Waals surface area contributed by atoms with Crippen molar-refractivity contribution >= 4 is 22.3 Å². The zero-order valence-electron chi connectivity index (χ0n) is 21.9. The second-order valence-corrected chi connectivity index (χ2v) is 9.32. The molecule has 1 N–H and O–H groups in total. The molecule has 0 aliphatic carbocycles. The van der Waals surface area contributed by atoms with Gasteiger partial charge in [-0.3, -0.25) is 14.2 Å². The number of para-hydroxylation sites is 1. The van der Waals surface area contributed by atoms with Gasteiger partial charge in [0.05, 0.1) is 17.1 Å². The van der Waals surface area contributed by atoms with E-state index < -0.39 is 6.04 Å². The van der Waals surface area contributed by atoms with Crippen LogP contribution in [0.5, 0.6) is 0 Å². The zero-order valence-corrected chi connectivity index (χ0v) is 21.9. The maximum Gasteiger partial charge on any atom is 0.264 e. The average Bonchev–Trinajstić information content (AvgIpc) is 3.32. The van der Waals surface area contributed by atoms with Gasteiger partial charge in [0.2, 0.25) is 0 Å². The zero-order chi connectivity index (χ0) is 27.6. The van der Waals surface area contributed by atoms with E-state index >= 15 is 0 Å². The van der Waals surface area contributed by atoms with Crippen LogP contribution in [0.3, 0.4) is 0 Å². The van der Waals surface area contributed by atoms with E-state index in [1.54, 1.807) is 40.7 Å². The molecule has 0 fully saturated rings. The first-order valence-corrected chi connectivity index (χ1v) is 12.8. The van der Waals surface area contributed by atoms with Gasteiger partial charge >= 0.3 is 0 Å². The minimum Gasteiger partial charge on any atom is -0.344 e. The van der Waals surface area contributed by atoms with Crippen molar-refractivity contribution in [2.75, 3.05) is 0 Å². The normalized spacial score (nSPS) is 11.7. The lowest BCUT2D eigenvalue weighted by Gasteiger charge is -2.21. The van der Waals surface area contributed by atoms with Gasteiger partial charge in [0.1, 0.15) is 11.3 Å². The summed E-state index contributed by atoms with van der Waals surface area (Å²) in [5, 5.41) is 8.70. The topological polar surface area (TPSA) is 94.2 Å². The lowest BCUT2D eigenvalue weighted by Crippen LogP contribution is -2.32. The van der Waals surface area contributed by atoms with E-state index in [0.717, 1.165) is 5.39 Å². The number of benzene rings is 2. The highest BCUT2D eigenvalue weighted by molar-refractivity contribution is 6.01. The number of hydrogen-bond donors (Lipinski definition) is 1. The van der Waals surface area contributed by atoms with Crippen LogP contribution in [0, 0.1) is 18.8 Å². The Kier molecular flexibility index (Phi) is 6.38. The minimum atomic E-state index is -0.522. The number of pyridine rings is 2. The second-order valence-electron chi connectivity index (χ2n) is 9.32. The predicted octanol–water partition coefficient (Wildman–Crippen LogP) is 4.63. The maximum absolute atomic E-state index is 14.2. The molecule has 194 valence electrons. The van der Waals surface area contributed by atoms with E-state index in [1.807, 2.05) is 79.7 Å². The first kappa shape index (κ1) is 24.8. The first-order valence-electron chi connectivity index (χ1n) is 12.8. The Morgan fingerprint density at radius 2 is 1.73 bits per heavy atom. The molecule has 0 spiro atoms. The molecule has 6 rings (SSSR count). The molecule has 0 aliphatic rings. The van der Waals surface area contributed by atoms with E-state index in [4.69, 9.17) is 0 Å². The number of nitrogens with one attached hydrogen (secondary N) is 1. The van der Waals surface area contributed by atoms with Crippen LogP contribution in [-0.4, -0.2) is 30.1 Å². The third-order valence-corrected chi connectivity index (χ3v) is 6.67. The van der Waals surface area contributed by atoms with Crippen molar-refractivity contribution in [3.8, 4) is 17.5 Å². The van der Waals surface area contributed by atoms with Crippen LogP contribution in [0.25, 0.3) is 22.1 Å². The van der Waals surface area contributed by atoms with Crippen LogP contribution < -0.4 is 10.9 Å². The molecule has 0 bridgehead atoms. The molecule has 4 heterocycles. The number of fused-ring (bicyclic) bond motifs is 2. The van der Waals surface area contributed by atoms with Gasteiger partial charge in [-0.1, -0.05) is 42.3 Å². The first-order chi connectivity index (χ1) is 19.5. The van der Waals surface area contributed by atoms with E-state index in [2.05, 4.69) is 32.2 Å². The molecule has 8 nitrogen and oxygen atoms in total. The number of nitrogens with zero attached hydrogens (tertiary/aromatic N) is 5. The van der Waals surface area contributed by atoms with Crippen LogP contribution in [0.15, 0.2) is 102 Å². The SMILES string of the molecule is Cc1nn2cccnc2c1C(=O)NC(C)c1cc2cccc(C#Cc3ccccn3)c2c(=O)n1-c1ccccc1. The summed E-state index contributed by atoms with van der Waals surface area (Å²) in [6.07, 6.45) is 5.06. The Labute approximate surface area is 230 Å². The van der Waals surface area contributed by atoms with E-state index in [0.29, 0.717) is 44.9 Å². The van der Waals surface area contributed by atoms with Crippen molar-refractivity contribution in [2.24, 2.45) is 0 Å². The largest absolute Gasteiger partial charge is 0.344 e. The fourth-order valence-electron chi connectivity index (χ4n) is 4.82. The fourth-order valence-corrected chi connectivity index (χ4v) is 4.82. The molecule has 6 aromatic rings. The number of hydrogen-bond acceptors (Lipinski definition) is 5. The van der Waals surface area contributed by atoms with Gasteiger partial charge in [-0.05, 0) is 67.6 Å². The number of aryl methyl sites for hydroxylation is 1. The van der Waals surface area contributed by atoms with Crippen molar-refractivity contribution in [3.05, 3.63) is 136 Å². The number of amides is 1. The molecular weight excluding hydrogens is 500 g/mol. The molecule has 0 aliphatic heterocycles. The highest BCUT2D eigenvalue weighted by Crippen LogP contribution is 2.24. The van der Waals surface area contributed by atoms with Gasteiger partial charge in [-0.25, -0.2) is 14.5 Å². The van der Waals surface area contributed by atoms with E-state index in [1.165, 1.54) is 0 Å². The highest BCUT2D eigenvalue weighted by atomic mass is 16.2. The summed E-state index contributed by atoms with van der Waals surface area (Å²) in [4.78, 5) is 36.3. The molecule has 1 amide bonds. The summed E-state index contributed by atoms with van der Waals surface area (Å²) < 4.78 is 3.22. The van der Waals surface area contributed by atoms with Gasteiger partial charge in [-0.15, -0.1) is 0 Å². The molecule has 1 atom stereocenters. The number of carbonyl (C=O) groups is 1. The smallest absolute Gasteiger partial charge is 0.264 e. The Morgan fingerprint density at radius 3 is 2.52 bits per heavy atom. The molecule has 0 radical (unpaired) electrons. The lowest BCUT2D eigenvalue weighted by molar-refractivity contribution is 0.0939. The molecule has 1 unspecified atom stereocenters. The van der Waals surface area contributed by atoms with Crippen LogP contribution in [-0.2, 0) is 0 Å². The number of carbonyl (C=O) groups excluding carboxylic acids is 1. The summed E-state index contributed by atoms with van der Waals surface area (Å²) in [6.45, 7) is 3.63. The molecule has 0 saturated heterocycles. The third-order valence-electron chi connectivity index (χ3n) is 6.67. The Balaban J connectivity index is 1.48. The molecule has 4 aromatic heterocycles. The van der Waals surface area contributed by atoms with Crippen molar-refractivity contribution in [1.29, 1.82) is 0 Å². The van der Waals surface area contributed by atoms with Crippen LogP contribution >= 0.6 is 0 Å². The van der Waals surface area contributed by atoms with Crippen molar-refractivity contribution < 1.29 is 4.79 Å². The van der Waals surface area contributed by atoms with E-state index in [9.17, 15) is 9.59 Å². The monoisotopic (exact) mass is 524 g/mol. The maximum atomic E-state index is 14.2. The number of aromatic nitrogens is 5.